The van der Waals surface area contributed by atoms with E-state index in [0.29, 0.717) is 0 Å². The Kier molecular flexibility index (Phi) is 4.03. The number of halogens is 1. The van der Waals surface area contributed by atoms with Gasteiger partial charge in [-0.3, -0.25) is 0 Å². The van der Waals surface area contributed by atoms with Gasteiger partial charge in [-0.2, -0.15) is 0 Å². The van der Waals surface area contributed by atoms with E-state index in [1.807, 2.05) is 18.2 Å². The van der Waals surface area contributed by atoms with Crippen LogP contribution in [0, 0.1) is 19.3 Å². The van der Waals surface area contributed by atoms with Crippen LogP contribution in [-0.2, 0) is 0 Å². The topological polar surface area (TPSA) is 12.0 Å². The highest BCUT2D eigenvalue weighted by Crippen LogP contribution is 2.24. The fraction of sp³-hybridized carbons (Fsp3) is 0.333. The summed E-state index contributed by atoms with van der Waals surface area (Å²) in [4.78, 5) is 0. The van der Waals surface area contributed by atoms with Crippen molar-refractivity contribution in [2.24, 2.45) is 0 Å². The van der Waals surface area contributed by atoms with Crippen LogP contribution in [0.25, 0.3) is 0 Å². The summed E-state index contributed by atoms with van der Waals surface area (Å²) < 4.78 is 1.11. The second-order valence-electron chi connectivity index (χ2n) is 3.18. The molecule has 0 aliphatic carbocycles. The van der Waals surface area contributed by atoms with E-state index in [-0.39, 0.29) is 6.04 Å². The molecule has 0 bridgehead atoms. The maximum atomic E-state index is 5.40. The van der Waals surface area contributed by atoms with Gasteiger partial charge in [0.05, 0.1) is 6.04 Å². The van der Waals surface area contributed by atoms with Crippen molar-refractivity contribution in [3.63, 3.8) is 0 Å². The lowest BCUT2D eigenvalue weighted by molar-refractivity contribution is 0.856. The van der Waals surface area contributed by atoms with E-state index in [2.05, 4.69) is 41.0 Å². The third kappa shape index (κ3) is 2.52. The van der Waals surface area contributed by atoms with Gasteiger partial charge in [-0.25, -0.2) is 0 Å². The standard InChI is InChI=1S/C12H14BrN/c1-4-10(5-2)14-12-8-6-7-11(13)9(12)3/h1,6-8,10,14H,5H2,2-3H3. The summed E-state index contributed by atoms with van der Waals surface area (Å²) in [6.45, 7) is 4.14. The monoisotopic (exact) mass is 251 g/mol. The Balaban J connectivity index is 2.87. The van der Waals surface area contributed by atoms with Gasteiger partial charge in [0.1, 0.15) is 0 Å². The lowest BCUT2D eigenvalue weighted by Crippen LogP contribution is -2.16. The third-order valence-corrected chi connectivity index (χ3v) is 3.07. The zero-order chi connectivity index (χ0) is 10.6. The molecular weight excluding hydrogens is 238 g/mol. The van der Waals surface area contributed by atoms with Crippen molar-refractivity contribution < 1.29 is 0 Å². The van der Waals surface area contributed by atoms with Crippen LogP contribution in [0.4, 0.5) is 5.69 Å². The van der Waals surface area contributed by atoms with Crippen molar-refractivity contribution >= 4 is 21.6 Å². The van der Waals surface area contributed by atoms with E-state index in [9.17, 15) is 0 Å². The molecule has 74 valence electrons. The molecule has 0 heterocycles. The highest BCUT2D eigenvalue weighted by atomic mass is 79.9. The smallest absolute Gasteiger partial charge is 0.0871 e. The van der Waals surface area contributed by atoms with Gasteiger partial charge in [-0.1, -0.05) is 34.8 Å². The molecule has 0 saturated heterocycles. The van der Waals surface area contributed by atoms with Crippen LogP contribution in [0.3, 0.4) is 0 Å². The molecule has 14 heavy (non-hydrogen) atoms. The summed E-state index contributed by atoms with van der Waals surface area (Å²) in [5.41, 5.74) is 2.30. The highest BCUT2D eigenvalue weighted by Gasteiger charge is 2.05. The van der Waals surface area contributed by atoms with Crippen molar-refractivity contribution in [2.45, 2.75) is 26.3 Å². The van der Waals surface area contributed by atoms with Crippen LogP contribution in [0.15, 0.2) is 22.7 Å². The Bertz CT molecular complexity index is 352. The minimum atomic E-state index is 0.114. The van der Waals surface area contributed by atoms with E-state index in [1.165, 1.54) is 5.56 Å². The molecule has 0 saturated carbocycles. The molecule has 0 fully saturated rings. The van der Waals surface area contributed by atoms with E-state index < -0.39 is 0 Å². The quantitative estimate of drug-likeness (QED) is 0.811. The van der Waals surface area contributed by atoms with Crippen LogP contribution in [-0.4, -0.2) is 6.04 Å². The zero-order valence-corrected chi connectivity index (χ0v) is 10.1. The number of nitrogens with one attached hydrogen (secondary N) is 1. The maximum absolute atomic E-state index is 5.40. The second kappa shape index (κ2) is 5.07. The normalized spacial score (nSPS) is 11.9. The fourth-order valence-corrected chi connectivity index (χ4v) is 1.58. The Morgan fingerprint density at radius 2 is 2.29 bits per heavy atom. The molecule has 1 aromatic carbocycles. The van der Waals surface area contributed by atoms with Gasteiger partial charge < -0.3 is 5.32 Å². The molecule has 1 nitrogen and oxygen atoms in total. The predicted octanol–water partition coefficient (Wildman–Crippen LogP) is 3.58. The van der Waals surface area contributed by atoms with Crippen LogP contribution in [0.5, 0.6) is 0 Å². The minimum Gasteiger partial charge on any atom is -0.371 e. The van der Waals surface area contributed by atoms with Crippen LogP contribution >= 0.6 is 15.9 Å². The number of terminal acetylenes is 1. The lowest BCUT2D eigenvalue weighted by atomic mass is 10.1. The Hall–Kier alpha value is -0.940. The number of benzene rings is 1. The predicted molar refractivity (Wildman–Crippen MR) is 65.4 cm³/mol. The van der Waals surface area contributed by atoms with Gasteiger partial charge in [-0.05, 0) is 31.0 Å². The number of hydrogen-bond acceptors (Lipinski definition) is 1. The first-order valence-electron chi connectivity index (χ1n) is 4.66. The van der Waals surface area contributed by atoms with Gasteiger partial charge in [-0.15, -0.1) is 6.42 Å². The molecule has 1 atom stereocenters. The molecule has 1 N–H and O–H groups in total. The largest absolute Gasteiger partial charge is 0.371 e. The molecule has 0 aromatic heterocycles. The number of hydrogen-bond donors (Lipinski definition) is 1. The van der Waals surface area contributed by atoms with Crippen LogP contribution in [0.2, 0.25) is 0 Å². The first-order chi connectivity index (χ1) is 6.69. The van der Waals surface area contributed by atoms with Gasteiger partial charge in [0, 0.05) is 10.2 Å². The van der Waals surface area contributed by atoms with E-state index in [4.69, 9.17) is 6.42 Å². The molecule has 2 heteroatoms. The molecule has 0 aliphatic rings. The highest BCUT2D eigenvalue weighted by molar-refractivity contribution is 9.10. The van der Waals surface area contributed by atoms with Crippen molar-refractivity contribution in [3.8, 4) is 12.3 Å². The van der Waals surface area contributed by atoms with Gasteiger partial charge in [0.25, 0.3) is 0 Å². The molecule has 0 amide bonds. The SMILES string of the molecule is C#CC(CC)Nc1cccc(Br)c1C. The number of rotatable bonds is 3. The number of anilines is 1. The van der Waals surface area contributed by atoms with Crippen molar-refractivity contribution in [2.75, 3.05) is 5.32 Å². The van der Waals surface area contributed by atoms with Crippen molar-refractivity contribution in [3.05, 3.63) is 28.2 Å². The Morgan fingerprint density at radius 1 is 1.57 bits per heavy atom. The fourth-order valence-electron chi connectivity index (χ4n) is 1.21. The molecule has 1 unspecified atom stereocenters. The lowest BCUT2D eigenvalue weighted by Gasteiger charge is -2.15. The average Bonchev–Trinajstić information content (AvgIpc) is 2.20. The van der Waals surface area contributed by atoms with Crippen molar-refractivity contribution in [1.29, 1.82) is 0 Å². The molecule has 0 aliphatic heterocycles. The summed E-state index contributed by atoms with van der Waals surface area (Å²) in [5.74, 6) is 2.72. The van der Waals surface area contributed by atoms with E-state index >= 15 is 0 Å². The summed E-state index contributed by atoms with van der Waals surface area (Å²) >= 11 is 3.49. The summed E-state index contributed by atoms with van der Waals surface area (Å²) in [7, 11) is 0. The van der Waals surface area contributed by atoms with E-state index in [0.717, 1.165) is 16.6 Å². The van der Waals surface area contributed by atoms with Gasteiger partial charge in [0.2, 0.25) is 0 Å². The molecule has 0 radical (unpaired) electrons. The summed E-state index contributed by atoms with van der Waals surface area (Å²) in [6.07, 6.45) is 6.33. The maximum Gasteiger partial charge on any atom is 0.0871 e. The first-order valence-corrected chi connectivity index (χ1v) is 5.46. The van der Waals surface area contributed by atoms with Crippen LogP contribution in [0.1, 0.15) is 18.9 Å². The van der Waals surface area contributed by atoms with Crippen molar-refractivity contribution in [1.82, 2.24) is 0 Å². The minimum absolute atomic E-state index is 0.114. The van der Waals surface area contributed by atoms with E-state index in [1.54, 1.807) is 0 Å². The molecule has 1 rings (SSSR count). The Labute approximate surface area is 94.0 Å². The Morgan fingerprint density at radius 3 is 2.86 bits per heavy atom. The van der Waals surface area contributed by atoms with Gasteiger partial charge in [0.15, 0.2) is 0 Å². The summed E-state index contributed by atoms with van der Waals surface area (Å²) in [5, 5.41) is 3.32. The molecule has 1 aromatic rings. The molecule has 0 spiro atoms. The summed E-state index contributed by atoms with van der Waals surface area (Å²) in [6, 6.07) is 6.18. The average molecular weight is 252 g/mol. The molecular formula is C12H14BrN. The van der Waals surface area contributed by atoms with Gasteiger partial charge >= 0.3 is 0 Å². The zero-order valence-electron chi connectivity index (χ0n) is 8.47. The van der Waals surface area contributed by atoms with Crippen LogP contribution < -0.4 is 5.32 Å². The second-order valence-corrected chi connectivity index (χ2v) is 4.04. The third-order valence-electron chi connectivity index (χ3n) is 2.21. The first kappa shape index (κ1) is 11.1.